The van der Waals surface area contributed by atoms with Crippen molar-refractivity contribution in [1.29, 1.82) is 0 Å². The van der Waals surface area contributed by atoms with E-state index in [9.17, 15) is 4.79 Å². The fourth-order valence-electron chi connectivity index (χ4n) is 3.96. The van der Waals surface area contributed by atoms with Gasteiger partial charge in [-0.1, -0.05) is 18.2 Å². The van der Waals surface area contributed by atoms with E-state index in [4.69, 9.17) is 9.47 Å². The average molecular weight is 346 g/mol. The predicted octanol–water partition coefficient (Wildman–Crippen LogP) is 2.28. The van der Waals surface area contributed by atoms with Crippen LogP contribution in [0.25, 0.3) is 0 Å². The van der Waals surface area contributed by atoms with Crippen LogP contribution in [-0.2, 0) is 9.47 Å². The van der Waals surface area contributed by atoms with Crippen LogP contribution in [0.15, 0.2) is 30.3 Å². The zero-order chi connectivity index (χ0) is 17.7. The average Bonchev–Trinajstić information content (AvgIpc) is 2.65. The molecule has 3 rings (SSSR count). The number of hydrogen-bond donors (Lipinski definition) is 0. The number of likely N-dealkylation sites (N-methyl/N-ethyl adjacent to an activating group) is 1. The Hall–Kier alpha value is -1.43. The zero-order valence-electron chi connectivity index (χ0n) is 15.4. The van der Waals surface area contributed by atoms with E-state index >= 15 is 0 Å². The predicted molar refractivity (Wildman–Crippen MR) is 97.7 cm³/mol. The van der Waals surface area contributed by atoms with Gasteiger partial charge in [-0.15, -0.1) is 0 Å². The summed E-state index contributed by atoms with van der Waals surface area (Å²) in [5.41, 5.74) is 0.703. The van der Waals surface area contributed by atoms with Gasteiger partial charge >= 0.3 is 0 Å². The quantitative estimate of drug-likeness (QED) is 0.741. The second kappa shape index (κ2) is 8.30. The van der Waals surface area contributed by atoms with Crippen molar-refractivity contribution in [3.63, 3.8) is 0 Å². The van der Waals surface area contributed by atoms with Crippen LogP contribution in [0.5, 0.6) is 0 Å². The maximum atomic E-state index is 12.9. The number of amides is 1. The number of rotatable bonds is 6. The van der Waals surface area contributed by atoms with Crippen LogP contribution in [0.2, 0.25) is 0 Å². The van der Waals surface area contributed by atoms with Crippen LogP contribution in [0, 0.1) is 5.41 Å². The molecule has 2 saturated heterocycles. The Bertz CT molecular complexity index is 563. The van der Waals surface area contributed by atoms with Gasteiger partial charge in [-0.2, -0.15) is 0 Å². The maximum absolute atomic E-state index is 12.9. The van der Waals surface area contributed by atoms with Crippen molar-refractivity contribution in [3.8, 4) is 0 Å². The van der Waals surface area contributed by atoms with E-state index in [2.05, 4.69) is 19.0 Å². The second-order valence-corrected chi connectivity index (χ2v) is 7.56. The smallest absolute Gasteiger partial charge is 0.253 e. The summed E-state index contributed by atoms with van der Waals surface area (Å²) in [4.78, 5) is 17.0. The molecule has 0 bridgehead atoms. The molecule has 2 aliphatic heterocycles. The van der Waals surface area contributed by atoms with E-state index < -0.39 is 0 Å². The number of hydrogen-bond acceptors (Lipinski definition) is 4. The lowest BCUT2D eigenvalue weighted by Crippen LogP contribution is -2.58. The van der Waals surface area contributed by atoms with Crippen LogP contribution < -0.4 is 0 Å². The van der Waals surface area contributed by atoms with E-state index in [0.29, 0.717) is 13.2 Å². The van der Waals surface area contributed by atoms with Gasteiger partial charge in [0.2, 0.25) is 0 Å². The van der Waals surface area contributed by atoms with E-state index in [1.54, 1.807) is 0 Å². The largest absolute Gasteiger partial charge is 0.379 e. The highest BCUT2D eigenvalue weighted by molar-refractivity contribution is 5.94. The zero-order valence-corrected chi connectivity index (χ0v) is 15.4. The molecule has 2 unspecified atom stereocenters. The Morgan fingerprint density at radius 2 is 2.16 bits per heavy atom. The Labute approximate surface area is 150 Å². The molecule has 0 radical (unpaired) electrons. The Morgan fingerprint density at radius 1 is 1.36 bits per heavy atom. The van der Waals surface area contributed by atoms with E-state index in [0.717, 1.165) is 51.1 Å². The highest BCUT2D eigenvalue weighted by Crippen LogP contribution is 2.40. The van der Waals surface area contributed by atoms with Gasteiger partial charge in [-0.25, -0.2) is 0 Å². The van der Waals surface area contributed by atoms with Gasteiger partial charge in [0.1, 0.15) is 0 Å². The first-order chi connectivity index (χ1) is 12.1. The van der Waals surface area contributed by atoms with Gasteiger partial charge in [0.15, 0.2) is 0 Å². The highest BCUT2D eigenvalue weighted by atomic mass is 16.5. The molecule has 0 aromatic heterocycles. The third-order valence-electron chi connectivity index (χ3n) is 5.37. The third-order valence-corrected chi connectivity index (χ3v) is 5.37. The fraction of sp³-hybridized carbons (Fsp3) is 0.650. The SMILES string of the molecule is CN(C)CCOCC12CCCOC1CCN(C(=O)c1ccccc1)C2. The van der Waals surface area contributed by atoms with Crippen LogP contribution in [0.3, 0.4) is 0 Å². The normalized spacial score (nSPS) is 26.5. The molecule has 0 spiro atoms. The highest BCUT2D eigenvalue weighted by Gasteiger charge is 2.47. The van der Waals surface area contributed by atoms with Crippen molar-refractivity contribution in [1.82, 2.24) is 9.80 Å². The lowest BCUT2D eigenvalue weighted by molar-refractivity contribution is -0.147. The van der Waals surface area contributed by atoms with Crippen molar-refractivity contribution in [2.24, 2.45) is 5.41 Å². The van der Waals surface area contributed by atoms with E-state index in [1.807, 2.05) is 35.2 Å². The molecule has 2 atom stereocenters. The number of carbonyl (C=O) groups excluding carboxylic acids is 1. The molecular formula is C20H30N2O3. The summed E-state index contributed by atoms with van der Waals surface area (Å²) in [6.45, 7) is 4.62. The minimum absolute atomic E-state index is 0.0622. The number of ether oxygens (including phenoxy) is 2. The molecule has 5 nitrogen and oxygen atoms in total. The van der Waals surface area contributed by atoms with Crippen molar-refractivity contribution >= 4 is 5.91 Å². The minimum atomic E-state index is -0.0622. The van der Waals surface area contributed by atoms with Crippen molar-refractivity contribution in [2.45, 2.75) is 25.4 Å². The Morgan fingerprint density at radius 3 is 2.92 bits per heavy atom. The van der Waals surface area contributed by atoms with Crippen molar-refractivity contribution in [2.75, 3.05) is 53.6 Å². The molecule has 138 valence electrons. The van der Waals surface area contributed by atoms with Crippen molar-refractivity contribution in [3.05, 3.63) is 35.9 Å². The Kier molecular flexibility index (Phi) is 6.10. The van der Waals surface area contributed by atoms with Gasteiger partial charge < -0.3 is 19.3 Å². The molecule has 2 fully saturated rings. The van der Waals surface area contributed by atoms with Gasteiger partial charge in [0.05, 0.1) is 19.3 Å². The minimum Gasteiger partial charge on any atom is -0.379 e. The lowest BCUT2D eigenvalue weighted by atomic mass is 9.73. The maximum Gasteiger partial charge on any atom is 0.253 e. The first kappa shape index (κ1) is 18.4. The van der Waals surface area contributed by atoms with Crippen molar-refractivity contribution < 1.29 is 14.3 Å². The number of likely N-dealkylation sites (tertiary alicyclic amines) is 1. The summed E-state index contributed by atoms with van der Waals surface area (Å²) in [5, 5.41) is 0. The van der Waals surface area contributed by atoms with E-state index in [1.165, 1.54) is 0 Å². The van der Waals surface area contributed by atoms with Gasteiger partial charge in [-0.05, 0) is 45.5 Å². The number of carbonyl (C=O) groups is 1. The van der Waals surface area contributed by atoms with Gasteiger partial charge in [-0.3, -0.25) is 4.79 Å². The standard InChI is InChI=1S/C20H30N2O3/c1-21(2)12-14-24-16-20-10-6-13-25-18(20)9-11-22(15-20)19(23)17-7-4-3-5-8-17/h3-5,7-8,18H,6,9-16H2,1-2H3. The summed E-state index contributed by atoms with van der Waals surface area (Å²) >= 11 is 0. The second-order valence-electron chi connectivity index (χ2n) is 7.56. The summed E-state index contributed by atoms with van der Waals surface area (Å²) in [7, 11) is 4.10. The van der Waals surface area contributed by atoms with Crippen LogP contribution in [-0.4, -0.2) is 75.4 Å². The summed E-state index contributed by atoms with van der Waals surface area (Å²) in [5.74, 6) is 0.122. The number of benzene rings is 1. The third kappa shape index (κ3) is 4.40. The molecular weight excluding hydrogens is 316 g/mol. The fourth-order valence-corrected chi connectivity index (χ4v) is 3.96. The molecule has 25 heavy (non-hydrogen) atoms. The van der Waals surface area contributed by atoms with Gasteiger partial charge in [0.25, 0.3) is 5.91 Å². The molecule has 1 aromatic rings. The summed E-state index contributed by atoms with van der Waals surface area (Å²) in [6, 6.07) is 9.57. The van der Waals surface area contributed by atoms with E-state index in [-0.39, 0.29) is 17.4 Å². The molecule has 5 heteroatoms. The van der Waals surface area contributed by atoms with Gasteiger partial charge in [0, 0.05) is 37.2 Å². The van der Waals surface area contributed by atoms with Crippen LogP contribution >= 0.6 is 0 Å². The first-order valence-corrected chi connectivity index (χ1v) is 9.29. The van der Waals surface area contributed by atoms with Crippen LogP contribution in [0.1, 0.15) is 29.6 Å². The summed E-state index contributed by atoms with van der Waals surface area (Å²) in [6.07, 6.45) is 3.22. The number of fused-ring (bicyclic) bond motifs is 1. The molecule has 2 heterocycles. The first-order valence-electron chi connectivity index (χ1n) is 9.29. The lowest BCUT2D eigenvalue weighted by Gasteiger charge is -2.50. The molecule has 0 saturated carbocycles. The molecule has 1 amide bonds. The topological polar surface area (TPSA) is 42.0 Å². The molecule has 1 aromatic carbocycles. The summed E-state index contributed by atoms with van der Waals surface area (Å²) < 4.78 is 12.1. The number of piperidine rings is 1. The van der Waals surface area contributed by atoms with Crippen LogP contribution in [0.4, 0.5) is 0 Å². The molecule has 2 aliphatic rings. The number of nitrogens with zero attached hydrogens (tertiary/aromatic N) is 2. The monoisotopic (exact) mass is 346 g/mol. The molecule has 0 N–H and O–H groups in total. The Balaban J connectivity index is 1.67. The molecule has 0 aliphatic carbocycles.